The number of alkyl halides is 1. The molecule has 6 heteroatoms. The zero-order chi connectivity index (χ0) is 12.5. The number of rotatable bonds is 4. The average molecular weight is 246 g/mol. The molecular formula is C10H16ClN3O2. The lowest BCUT2D eigenvalue weighted by Gasteiger charge is -2.15. The molecule has 2 atom stereocenters. The summed E-state index contributed by atoms with van der Waals surface area (Å²) in [5, 5.41) is 14.9. The van der Waals surface area contributed by atoms with Crippen LogP contribution in [-0.2, 0) is 7.05 Å². The van der Waals surface area contributed by atoms with Crippen molar-refractivity contribution in [2.24, 2.45) is 7.05 Å². The maximum atomic E-state index is 11.0. The summed E-state index contributed by atoms with van der Waals surface area (Å²) >= 11 is 6.14. The molecule has 2 unspecified atom stereocenters. The average Bonchev–Trinajstić information content (AvgIpc) is 2.51. The first kappa shape index (κ1) is 13.0. The largest absolute Gasteiger partial charge is 0.313 e. The Bertz CT molecular complexity index is 403. The molecule has 90 valence electrons. The molecule has 1 aromatic heterocycles. The Hall–Kier alpha value is -1.10. The lowest BCUT2D eigenvalue weighted by molar-refractivity contribution is -0.386. The Balaban J connectivity index is 3.26. The molecule has 0 N–H and O–H groups in total. The quantitative estimate of drug-likeness (QED) is 0.466. The highest BCUT2D eigenvalue weighted by Crippen LogP contribution is 2.33. The molecule has 0 spiro atoms. The van der Waals surface area contributed by atoms with Crippen LogP contribution in [0.15, 0.2) is 0 Å². The summed E-state index contributed by atoms with van der Waals surface area (Å²) in [6.07, 6.45) is 0.768. The molecular weight excluding hydrogens is 230 g/mol. The summed E-state index contributed by atoms with van der Waals surface area (Å²) in [6.45, 7) is 5.50. The van der Waals surface area contributed by atoms with E-state index in [0.29, 0.717) is 11.4 Å². The first-order valence-electron chi connectivity index (χ1n) is 5.22. The number of nitrogens with zero attached hydrogens (tertiary/aromatic N) is 3. The van der Waals surface area contributed by atoms with Gasteiger partial charge in [-0.15, -0.1) is 11.6 Å². The van der Waals surface area contributed by atoms with Crippen LogP contribution in [0.25, 0.3) is 0 Å². The lowest BCUT2D eigenvalue weighted by atomic mass is 10.00. The van der Waals surface area contributed by atoms with Crippen LogP contribution in [0.2, 0.25) is 0 Å². The van der Waals surface area contributed by atoms with Gasteiger partial charge in [-0.05, 0) is 13.3 Å². The predicted octanol–water partition coefficient (Wildman–Crippen LogP) is 2.76. The highest BCUT2D eigenvalue weighted by molar-refractivity contribution is 6.21. The van der Waals surface area contributed by atoms with Gasteiger partial charge < -0.3 is 0 Å². The van der Waals surface area contributed by atoms with Gasteiger partial charge in [0.25, 0.3) is 0 Å². The molecule has 16 heavy (non-hydrogen) atoms. The van der Waals surface area contributed by atoms with Gasteiger partial charge >= 0.3 is 5.69 Å². The zero-order valence-electron chi connectivity index (χ0n) is 9.90. The number of halogens is 1. The van der Waals surface area contributed by atoms with E-state index in [1.165, 1.54) is 0 Å². The first-order valence-corrected chi connectivity index (χ1v) is 5.65. The Morgan fingerprint density at radius 1 is 1.62 bits per heavy atom. The molecule has 1 aromatic rings. The molecule has 0 aliphatic heterocycles. The van der Waals surface area contributed by atoms with E-state index in [1.54, 1.807) is 18.7 Å². The summed E-state index contributed by atoms with van der Waals surface area (Å²) in [4.78, 5) is 10.6. The fourth-order valence-electron chi connectivity index (χ4n) is 1.93. The molecule has 0 bridgehead atoms. The van der Waals surface area contributed by atoms with Crippen LogP contribution in [0.4, 0.5) is 5.69 Å². The summed E-state index contributed by atoms with van der Waals surface area (Å²) in [6, 6.07) is 0. The van der Waals surface area contributed by atoms with E-state index < -0.39 is 0 Å². The second-order valence-electron chi connectivity index (χ2n) is 3.91. The molecule has 0 aliphatic rings. The molecule has 1 heterocycles. The van der Waals surface area contributed by atoms with Crippen molar-refractivity contribution in [2.75, 3.05) is 0 Å². The van der Waals surface area contributed by atoms with Crippen LogP contribution in [0.5, 0.6) is 0 Å². The molecule has 5 nitrogen and oxygen atoms in total. The zero-order valence-corrected chi connectivity index (χ0v) is 10.7. The van der Waals surface area contributed by atoms with Gasteiger partial charge in [-0.1, -0.05) is 13.8 Å². The first-order chi connectivity index (χ1) is 7.40. The highest BCUT2D eigenvalue weighted by atomic mass is 35.5. The second kappa shape index (κ2) is 4.82. The van der Waals surface area contributed by atoms with Crippen LogP contribution in [0, 0.1) is 17.0 Å². The summed E-state index contributed by atoms with van der Waals surface area (Å²) in [5.41, 5.74) is 1.13. The smallest absolute Gasteiger partial charge is 0.265 e. The third-order valence-corrected chi connectivity index (χ3v) is 3.47. The van der Waals surface area contributed by atoms with E-state index in [0.717, 1.165) is 6.42 Å². The van der Waals surface area contributed by atoms with Gasteiger partial charge in [-0.25, -0.2) is 0 Å². The van der Waals surface area contributed by atoms with E-state index in [9.17, 15) is 10.1 Å². The van der Waals surface area contributed by atoms with Gasteiger partial charge in [-0.2, -0.15) is 5.10 Å². The Morgan fingerprint density at radius 3 is 2.62 bits per heavy atom. The van der Waals surface area contributed by atoms with Crippen molar-refractivity contribution in [3.63, 3.8) is 0 Å². The van der Waals surface area contributed by atoms with Crippen molar-refractivity contribution in [1.82, 2.24) is 9.78 Å². The van der Waals surface area contributed by atoms with E-state index in [1.807, 2.05) is 13.8 Å². The third kappa shape index (κ3) is 2.19. The van der Waals surface area contributed by atoms with Gasteiger partial charge in [0.1, 0.15) is 11.4 Å². The predicted molar refractivity (Wildman–Crippen MR) is 62.9 cm³/mol. The normalized spacial score (nSPS) is 14.8. The van der Waals surface area contributed by atoms with Crippen molar-refractivity contribution in [3.05, 3.63) is 21.5 Å². The van der Waals surface area contributed by atoms with Crippen molar-refractivity contribution < 1.29 is 4.92 Å². The minimum Gasteiger partial charge on any atom is -0.265 e. The molecule has 1 rings (SSSR count). The fraction of sp³-hybridized carbons (Fsp3) is 0.700. The number of hydrogen-bond acceptors (Lipinski definition) is 3. The van der Waals surface area contributed by atoms with Crippen LogP contribution in [-0.4, -0.2) is 20.1 Å². The number of nitro groups is 1. The van der Waals surface area contributed by atoms with Crippen molar-refractivity contribution in [3.8, 4) is 0 Å². The number of hydrogen-bond donors (Lipinski definition) is 0. The summed E-state index contributed by atoms with van der Waals surface area (Å²) < 4.78 is 1.56. The highest BCUT2D eigenvalue weighted by Gasteiger charge is 2.30. The van der Waals surface area contributed by atoms with Crippen molar-refractivity contribution in [2.45, 2.75) is 38.5 Å². The van der Waals surface area contributed by atoms with Crippen LogP contribution < -0.4 is 0 Å². The number of aromatic nitrogens is 2. The summed E-state index contributed by atoms with van der Waals surface area (Å²) in [5.74, 6) is -0.0849. The van der Waals surface area contributed by atoms with Crippen LogP contribution >= 0.6 is 11.6 Å². The van der Waals surface area contributed by atoms with Crippen molar-refractivity contribution >= 4 is 17.3 Å². The molecule has 0 aliphatic carbocycles. The summed E-state index contributed by atoms with van der Waals surface area (Å²) in [7, 11) is 1.71. The Labute approximate surface area is 99.5 Å². The van der Waals surface area contributed by atoms with Gasteiger partial charge in [0.15, 0.2) is 0 Å². The minimum atomic E-state index is -0.382. The van der Waals surface area contributed by atoms with Crippen molar-refractivity contribution in [1.29, 1.82) is 0 Å². The molecule has 0 radical (unpaired) electrons. The molecule has 0 saturated heterocycles. The Kier molecular flexibility index (Phi) is 3.91. The van der Waals surface area contributed by atoms with E-state index >= 15 is 0 Å². The lowest BCUT2D eigenvalue weighted by Crippen LogP contribution is -2.14. The maximum Gasteiger partial charge on any atom is 0.313 e. The van der Waals surface area contributed by atoms with Gasteiger partial charge in [0.2, 0.25) is 0 Å². The van der Waals surface area contributed by atoms with E-state index in [-0.39, 0.29) is 21.9 Å². The minimum absolute atomic E-state index is 0.0849. The monoisotopic (exact) mass is 245 g/mol. The van der Waals surface area contributed by atoms with Crippen LogP contribution in [0.1, 0.15) is 37.6 Å². The Morgan fingerprint density at radius 2 is 2.19 bits per heavy atom. The fourth-order valence-corrected chi connectivity index (χ4v) is 2.05. The van der Waals surface area contributed by atoms with Gasteiger partial charge in [-0.3, -0.25) is 14.8 Å². The molecule has 0 saturated carbocycles. The van der Waals surface area contributed by atoms with E-state index in [4.69, 9.17) is 11.6 Å². The molecule has 0 aromatic carbocycles. The third-order valence-electron chi connectivity index (χ3n) is 2.78. The van der Waals surface area contributed by atoms with Crippen LogP contribution in [0.3, 0.4) is 0 Å². The number of aryl methyl sites for hydroxylation is 2. The second-order valence-corrected chi connectivity index (χ2v) is 4.47. The van der Waals surface area contributed by atoms with Gasteiger partial charge in [0, 0.05) is 18.3 Å². The maximum absolute atomic E-state index is 11.0. The van der Waals surface area contributed by atoms with E-state index in [2.05, 4.69) is 5.10 Å². The molecule has 0 amide bonds. The standard InChI is InChI=1S/C10H16ClN3O2/c1-5-8(11)6(2)9-10(14(15)16)7(3)12-13(9)4/h6,8H,5H2,1-4H3. The SMILES string of the molecule is CCC(Cl)C(C)c1c([N+](=O)[O-])c(C)nn1C. The topological polar surface area (TPSA) is 61.0 Å². The van der Waals surface area contributed by atoms with Gasteiger partial charge in [0.05, 0.1) is 4.92 Å². The molecule has 0 fully saturated rings.